The van der Waals surface area contributed by atoms with Gasteiger partial charge in [0.05, 0.1) is 11.6 Å². The first-order valence-corrected chi connectivity index (χ1v) is 19.1. The van der Waals surface area contributed by atoms with Crippen molar-refractivity contribution < 1.29 is 23.2 Å². The summed E-state index contributed by atoms with van der Waals surface area (Å²) in [6.45, 7) is 6.41. The fraction of sp³-hybridized carbons (Fsp3) is 0.525. The SMILES string of the molecule is CN(C(=O)C1CCN(CC2CCN(c3ccc(C4CCC(=O)NC4=O)cn3)CC2)CC1)c1ccc2cc(-c3n[nH]c4c3C[C@@H]3C(F)(F)[C@]3(C)C4)[nH]c2c1. The van der Waals surface area contributed by atoms with Crippen LogP contribution in [0.4, 0.5) is 20.3 Å². The zero-order valence-electron chi connectivity index (χ0n) is 30.3. The van der Waals surface area contributed by atoms with Gasteiger partial charge in [0.2, 0.25) is 17.7 Å². The Morgan fingerprint density at radius 2 is 1.81 bits per heavy atom. The smallest absolute Gasteiger partial charge is 0.258 e. The van der Waals surface area contributed by atoms with Crippen LogP contribution in [-0.2, 0) is 27.2 Å². The number of aromatic nitrogens is 4. The minimum Gasteiger partial charge on any atom is -0.357 e. The number of anilines is 2. The molecule has 0 bridgehead atoms. The molecule has 13 heteroatoms. The molecule has 3 saturated heterocycles. The summed E-state index contributed by atoms with van der Waals surface area (Å²) >= 11 is 0. The number of H-pyrrole nitrogens is 2. The predicted molar refractivity (Wildman–Crippen MR) is 197 cm³/mol. The number of likely N-dealkylation sites (tertiary alicyclic amines) is 1. The molecule has 3 aliphatic heterocycles. The van der Waals surface area contributed by atoms with E-state index in [1.165, 1.54) is 0 Å². The van der Waals surface area contributed by atoms with Gasteiger partial charge in [0, 0.05) is 90.8 Å². The second kappa shape index (κ2) is 12.7. The number of halogens is 2. The van der Waals surface area contributed by atoms with Gasteiger partial charge in [-0.1, -0.05) is 19.1 Å². The summed E-state index contributed by atoms with van der Waals surface area (Å²) in [7, 11) is 1.85. The van der Waals surface area contributed by atoms with Gasteiger partial charge in [-0.05, 0) is 87.4 Å². The largest absolute Gasteiger partial charge is 0.357 e. The van der Waals surface area contributed by atoms with Crippen molar-refractivity contribution in [1.29, 1.82) is 0 Å². The van der Waals surface area contributed by atoms with Gasteiger partial charge in [-0.3, -0.25) is 24.8 Å². The van der Waals surface area contributed by atoms with Crippen LogP contribution in [0.5, 0.6) is 0 Å². The normalized spacial score (nSPS) is 26.3. The highest BCUT2D eigenvalue weighted by Crippen LogP contribution is 2.70. The zero-order valence-corrected chi connectivity index (χ0v) is 30.3. The van der Waals surface area contributed by atoms with Gasteiger partial charge < -0.3 is 19.7 Å². The van der Waals surface area contributed by atoms with Crippen molar-refractivity contribution in [3.05, 3.63) is 59.4 Å². The van der Waals surface area contributed by atoms with Gasteiger partial charge in [0.25, 0.3) is 5.92 Å². The van der Waals surface area contributed by atoms with Gasteiger partial charge in [-0.25, -0.2) is 13.8 Å². The molecule has 1 aromatic carbocycles. The predicted octanol–water partition coefficient (Wildman–Crippen LogP) is 5.43. The first kappa shape index (κ1) is 34.1. The lowest BCUT2D eigenvalue weighted by Crippen LogP contribution is -2.44. The van der Waals surface area contributed by atoms with Crippen LogP contribution < -0.4 is 15.1 Å². The molecule has 0 spiro atoms. The number of nitrogens with one attached hydrogen (secondary N) is 3. The average molecular weight is 725 g/mol. The number of rotatable bonds is 7. The Kier molecular flexibility index (Phi) is 8.21. The van der Waals surface area contributed by atoms with Crippen LogP contribution in [0.2, 0.25) is 0 Å². The molecule has 4 fully saturated rings. The number of carbonyl (C=O) groups excluding carboxylic acids is 3. The lowest BCUT2D eigenvalue weighted by Gasteiger charge is -2.38. The summed E-state index contributed by atoms with van der Waals surface area (Å²) < 4.78 is 29.0. The van der Waals surface area contributed by atoms with Crippen molar-refractivity contribution in [3.8, 4) is 11.4 Å². The fourth-order valence-corrected chi connectivity index (χ4v) is 9.56. The third kappa shape index (κ3) is 5.91. The molecular formula is C40H46F2N8O3. The maximum Gasteiger partial charge on any atom is 0.258 e. The lowest BCUT2D eigenvalue weighted by molar-refractivity contribution is -0.134. The van der Waals surface area contributed by atoms with E-state index in [1.807, 2.05) is 43.4 Å². The topological polar surface area (TPSA) is 130 Å². The lowest BCUT2D eigenvalue weighted by atomic mass is 9.87. The number of piperidine rings is 3. The molecule has 9 rings (SSSR count). The quantitative estimate of drug-likeness (QED) is 0.217. The molecule has 2 aliphatic carbocycles. The Labute approximate surface area is 306 Å². The molecule has 278 valence electrons. The Morgan fingerprint density at radius 1 is 1.02 bits per heavy atom. The number of imide groups is 1. The molecule has 53 heavy (non-hydrogen) atoms. The van der Waals surface area contributed by atoms with Crippen LogP contribution >= 0.6 is 0 Å². The highest BCUT2D eigenvalue weighted by Gasteiger charge is 2.78. The number of aromatic amines is 2. The van der Waals surface area contributed by atoms with E-state index < -0.39 is 17.3 Å². The molecule has 11 nitrogen and oxygen atoms in total. The molecule has 3 aromatic heterocycles. The number of hydrogen-bond acceptors (Lipinski definition) is 7. The van der Waals surface area contributed by atoms with E-state index in [-0.39, 0.29) is 29.6 Å². The van der Waals surface area contributed by atoms with Crippen LogP contribution in [0.15, 0.2) is 42.6 Å². The summed E-state index contributed by atoms with van der Waals surface area (Å²) in [4.78, 5) is 52.2. The summed E-state index contributed by atoms with van der Waals surface area (Å²) in [5.74, 6) is -2.40. The third-order valence-electron chi connectivity index (χ3n) is 13.2. The number of pyridine rings is 1. The number of benzene rings is 1. The van der Waals surface area contributed by atoms with Crippen LogP contribution in [0.25, 0.3) is 22.3 Å². The standard InChI is InChI=1S/C40H46F2N8O3/c1-39-20-32-29(19-33(39)40(39,41)42)36(47-46-32)31-17-25-3-5-27(18-30(25)44-31)48(2)38(53)24-11-13-49(14-12-24)22-23-9-15-50(16-10-23)34-7-4-26(21-43-34)28-6-8-35(51)45-37(28)52/h3-5,7,17-18,21,23-24,28,33,44H,6,8-16,19-20,22H2,1-2H3,(H,46,47)(H,45,51,52)/t28?,33-,39+/m0/s1. The van der Waals surface area contributed by atoms with Gasteiger partial charge in [-0.15, -0.1) is 0 Å². The molecule has 1 saturated carbocycles. The summed E-state index contributed by atoms with van der Waals surface area (Å²) in [6.07, 6.45) is 7.14. The summed E-state index contributed by atoms with van der Waals surface area (Å²) in [6, 6.07) is 11.9. The second-order valence-electron chi connectivity index (χ2n) is 16.3. The summed E-state index contributed by atoms with van der Waals surface area (Å²) in [5.41, 5.74) is 4.78. The van der Waals surface area contributed by atoms with E-state index in [0.29, 0.717) is 37.3 Å². The number of carbonyl (C=O) groups is 3. The van der Waals surface area contributed by atoms with Crippen LogP contribution in [0.1, 0.15) is 68.2 Å². The van der Waals surface area contributed by atoms with E-state index in [4.69, 9.17) is 0 Å². The monoisotopic (exact) mass is 724 g/mol. The minimum atomic E-state index is -2.64. The van der Waals surface area contributed by atoms with Crippen molar-refractivity contribution in [2.24, 2.45) is 23.2 Å². The molecule has 3 amide bonds. The molecule has 0 radical (unpaired) electrons. The van der Waals surface area contributed by atoms with E-state index >= 15 is 0 Å². The van der Waals surface area contributed by atoms with E-state index in [1.54, 1.807) is 18.0 Å². The van der Waals surface area contributed by atoms with Crippen LogP contribution in [-0.4, -0.2) is 88.5 Å². The molecule has 3 atom stereocenters. The number of amides is 3. The zero-order chi connectivity index (χ0) is 36.6. The average Bonchev–Trinajstić information content (AvgIpc) is 3.54. The second-order valence-corrected chi connectivity index (χ2v) is 16.3. The van der Waals surface area contributed by atoms with E-state index in [9.17, 15) is 23.2 Å². The maximum atomic E-state index is 14.5. The van der Waals surface area contributed by atoms with Crippen molar-refractivity contribution in [3.63, 3.8) is 0 Å². The van der Waals surface area contributed by atoms with Gasteiger partial charge in [0.1, 0.15) is 11.5 Å². The van der Waals surface area contributed by atoms with Crippen LogP contribution in [0.3, 0.4) is 0 Å². The maximum absolute atomic E-state index is 14.5. The third-order valence-corrected chi connectivity index (χ3v) is 13.2. The van der Waals surface area contributed by atoms with Gasteiger partial charge in [-0.2, -0.15) is 5.10 Å². The Bertz CT molecular complexity index is 2080. The first-order chi connectivity index (χ1) is 25.5. The fourth-order valence-electron chi connectivity index (χ4n) is 9.56. The van der Waals surface area contributed by atoms with Crippen molar-refractivity contribution in [2.75, 3.05) is 49.6 Å². The summed E-state index contributed by atoms with van der Waals surface area (Å²) in [5, 5.41) is 11.0. The number of nitrogens with zero attached hydrogens (tertiary/aromatic N) is 5. The highest BCUT2D eigenvalue weighted by atomic mass is 19.3. The Hall–Kier alpha value is -4.65. The molecule has 3 N–H and O–H groups in total. The minimum absolute atomic E-state index is 0.0240. The molecule has 5 aliphatic rings. The van der Waals surface area contributed by atoms with E-state index in [0.717, 1.165) is 103 Å². The van der Waals surface area contributed by atoms with Gasteiger partial charge in [0.15, 0.2) is 0 Å². The molecular weight excluding hydrogens is 678 g/mol. The molecule has 1 unspecified atom stereocenters. The highest BCUT2D eigenvalue weighted by molar-refractivity contribution is 6.01. The van der Waals surface area contributed by atoms with Crippen molar-refractivity contribution in [2.45, 2.75) is 70.1 Å². The number of alkyl halides is 2. The van der Waals surface area contributed by atoms with E-state index in [2.05, 4.69) is 35.3 Å². The number of fused-ring (bicyclic) bond motifs is 3. The Morgan fingerprint density at radius 3 is 2.55 bits per heavy atom. The van der Waals surface area contributed by atoms with Gasteiger partial charge >= 0.3 is 0 Å². The van der Waals surface area contributed by atoms with Crippen molar-refractivity contribution >= 4 is 40.1 Å². The first-order valence-electron chi connectivity index (χ1n) is 19.1. The van der Waals surface area contributed by atoms with Crippen LogP contribution in [0, 0.1) is 23.2 Å². The molecule has 4 aromatic rings. The van der Waals surface area contributed by atoms with Crippen molar-refractivity contribution in [1.82, 2.24) is 30.4 Å². The number of hydrogen-bond donors (Lipinski definition) is 3. The molecule has 6 heterocycles. The Balaban J connectivity index is 0.759.